The summed E-state index contributed by atoms with van der Waals surface area (Å²) in [5.74, 6) is -9.52. The number of nitrogens with zero attached hydrogens (tertiary/aromatic N) is 1. The number of ketones is 2. The Balaban J connectivity index is 1.75. The number of nitrogens with one attached hydrogen (secondary N) is 2. The lowest BCUT2D eigenvalue weighted by Gasteiger charge is -2.50. The van der Waals surface area contributed by atoms with Crippen molar-refractivity contribution in [3.63, 3.8) is 0 Å². The van der Waals surface area contributed by atoms with Gasteiger partial charge in [0.1, 0.15) is 23.1 Å². The van der Waals surface area contributed by atoms with Crippen LogP contribution in [0, 0.1) is 11.8 Å². The van der Waals surface area contributed by atoms with Crippen molar-refractivity contribution in [2.45, 2.75) is 37.5 Å². The number of hydrogen-bond donors (Lipinski definition) is 8. The van der Waals surface area contributed by atoms with Crippen LogP contribution >= 0.6 is 0 Å². The Kier molecular flexibility index (Phi) is 7.21. The van der Waals surface area contributed by atoms with Crippen molar-refractivity contribution >= 4 is 35.0 Å². The molecule has 5 atom stereocenters. The number of primary amides is 1. The van der Waals surface area contributed by atoms with Gasteiger partial charge in [-0.2, -0.15) is 0 Å². The van der Waals surface area contributed by atoms with Crippen LogP contribution in [-0.2, 0) is 25.6 Å². The number of fused-ring (bicyclic) bond motifs is 3. The number of carboxylic acid groups (broad SMARTS) is 1. The van der Waals surface area contributed by atoms with Crippen LogP contribution in [0.5, 0.6) is 5.75 Å². The number of rotatable bonds is 7. The van der Waals surface area contributed by atoms with E-state index in [-0.39, 0.29) is 29.7 Å². The number of Topliss-reactive ketones (excluding diaryl/α,β-unsaturated/α-hetero) is 2. The lowest BCUT2D eigenvalue weighted by atomic mass is 9.58. The molecular formula is C26H30N4O10. The standard InChI is InChI=1S/C26H30N4O10/c1-9(25(38)39)28-8-14(31)29-13-5-4-10-6-11-7-12-18(30(2)3)21(34)17(24(27)37)23(36)26(12,40)22(35)16(11)20(33)15(10)19(13)32/h4-5,9,11-12,18,28,32,34-35,40H,6-8H2,1-3H3,(H2,27,37)(H,29,31)(H,38,39)/t9-,11?,12?,18?,26?/m0/s1. The molecule has 14 nitrogen and oxygen atoms in total. The first-order valence-electron chi connectivity index (χ1n) is 12.4. The van der Waals surface area contributed by atoms with Crippen molar-refractivity contribution in [3.8, 4) is 5.75 Å². The number of hydrogen-bond acceptors (Lipinski definition) is 11. The second kappa shape index (κ2) is 10.0. The molecule has 0 radical (unpaired) electrons. The van der Waals surface area contributed by atoms with Gasteiger partial charge in [0, 0.05) is 11.5 Å². The van der Waals surface area contributed by atoms with E-state index in [0.717, 1.165) is 0 Å². The fourth-order valence-corrected chi connectivity index (χ4v) is 5.85. The number of carbonyl (C=O) groups excluding carboxylic acids is 4. The third kappa shape index (κ3) is 4.29. The number of benzene rings is 1. The zero-order valence-electron chi connectivity index (χ0n) is 21.9. The Hall–Kier alpha value is -4.27. The molecule has 0 heterocycles. The molecule has 3 aliphatic carbocycles. The maximum Gasteiger partial charge on any atom is 0.320 e. The second-order valence-electron chi connectivity index (χ2n) is 10.4. The minimum absolute atomic E-state index is 0.0432. The van der Waals surface area contributed by atoms with Crippen LogP contribution in [0.15, 0.2) is 34.8 Å². The average Bonchev–Trinajstić information content (AvgIpc) is 2.85. The first-order chi connectivity index (χ1) is 18.6. The maximum absolute atomic E-state index is 13.7. The average molecular weight is 559 g/mol. The van der Waals surface area contributed by atoms with Crippen LogP contribution in [0.25, 0.3) is 0 Å². The highest BCUT2D eigenvalue weighted by Crippen LogP contribution is 2.52. The summed E-state index contributed by atoms with van der Waals surface area (Å²) in [5, 5.41) is 58.4. The number of anilines is 1. The van der Waals surface area contributed by atoms with Crippen molar-refractivity contribution in [1.82, 2.24) is 10.2 Å². The highest BCUT2D eigenvalue weighted by atomic mass is 16.4. The highest BCUT2D eigenvalue weighted by molar-refractivity contribution is 6.25. The van der Waals surface area contributed by atoms with Crippen LogP contribution < -0.4 is 16.4 Å². The van der Waals surface area contributed by atoms with E-state index < -0.39 is 88.3 Å². The zero-order valence-corrected chi connectivity index (χ0v) is 21.9. The molecule has 0 fully saturated rings. The first kappa shape index (κ1) is 28.7. The van der Waals surface area contributed by atoms with Gasteiger partial charge in [-0.3, -0.25) is 34.2 Å². The van der Waals surface area contributed by atoms with Gasteiger partial charge in [0.25, 0.3) is 5.91 Å². The summed E-state index contributed by atoms with van der Waals surface area (Å²) < 4.78 is 0. The number of phenols is 1. The lowest BCUT2D eigenvalue weighted by Crippen LogP contribution is -2.63. The predicted molar refractivity (Wildman–Crippen MR) is 137 cm³/mol. The van der Waals surface area contributed by atoms with Gasteiger partial charge < -0.3 is 36.6 Å². The highest BCUT2D eigenvalue weighted by Gasteiger charge is 2.63. The molecule has 0 aliphatic heterocycles. The number of carbonyl (C=O) groups is 5. The quantitative estimate of drug-likeness (QED) is 0.150. The molecule has 1 aromatic rings. The lowest BCUT2D eigenvalue weighted by molar-refractivity contribution is -0.148. The minimum Gasteiger partial charge on any atom is -0.510 e. The molecule has 0 bridgehead atoms. The van der Waals surface area contributed by atoms with Crippen molar-refractivity contribution in [2.75, 3.05) is 26.0 Å². The smallest absolute Gasteiger partial charge is 0.320 e. The van der Waals surface area contributed by atoms with Crippen LogP contribution in [0.4, 0.5) is 5.69 Å². The molecule has 0 aromatic heterocycles. The number of allylic oxidation sites excluding steroid dienone is 1. The monoisotopic (exact) mass is 558 g/mol. The summed E-state index contributed by atoms with van der Waals surface area (Å²) in [6, 6.07) is 0.768. The Bertz CT molecular complexity index is 1410. The van der Waals surface area contributed by atoms with Crippen molar-refractivity contribution < 1.29 is 49.5 Å². The van der Waals surface area contributed by atoms with Crippen molar-refractivity contribution in [3.05, 3.63) is 45.9 Å². The van der Waals surface area contributed by atoms with E-state index in [2.05, 4.69) is 10.6 Å². The van der Waals surface area contributed by atoms with E-state index in [4.69, 9.17) is 10.8 Å². The Labute approximate surface area is 227 Å². The largest absolute Gasteiger partial charge is 0.510 e. The molecule has 1 aromatic carbocycles. The molecular weight excluding hydrogens is 528 g/mol. The molecule has 4 rings (SSSR count). The fraction of sp³-hybridized carbons (Fsp3) is 0.423. The second-order valence-corrected chi connectivity index (χ2v) is 10.4. The van der Waals surface area contributed by atoms with E-state index in [1.165, 1.54) is 24.0 Å². The van der Waals surface area contributed by atoms with E-state index in [9.17, 15) is 44.4 Å². The van der Waals surface area contributed by atoms with E-state index in [1.807, 2.05) is 0 Å². The van der Waals surface area contributed by atoms with Crippen LogP contribution in [0.3, 0.4) is 0 Å². The summed E-state index contributed by atoms with van der Waals surface area (Å²) in [5.41, 5.74) is 1.31. The summed E-state index contributed by atoms with van der Waals surface area (Å²) in [6.07, 6.45) is 0.0620. The molecule has 0 saturated heterocycles. The van der Waals surface area contributed by atoms with Gasteiger partial charge in [0.2, 0.25) is 11.7 Å². The SMILES string of the molecule is C[C@H](NCC(=O)Nc1ccc2c(c1O)C(=O)C1=C(O)C3(O)C(=O)C(C(N)=O)=C(O)C(N(C)C)C3CC1C2)C(=O)O. The first-order valence-corrected chi connectivity index (χ1v) is 12.4. The number of amides is 2. The number of carboxylic acids is 1. The maximum atomic E-state index is 13.7. The molecule has 9 N–H and O–H groups in total. The third-order valence-corrected chi connectivity index (χ3v) is 7.81. The van der Waals surface area contributed by atoms with Crippen LogP contribution in [-0.4, -0.2) is 98.1 Å². The van der Waals surface area contributed by atoms with E-state index in [0.29, 0.717) is 5.56 Å². The van der Waals surface area contributed by atoms with Gasteiger partial charge in [-0.15, -0.1) is 0 Å². The minimum atomic E-state index is -2.75. The topological polar surface area (TPSA) is 240 Å². The van der Waals surface area contributed by atoms with Gasteiger partial charge in [-0.1, -0.05) is 6.07 Å². The number of aliphatic carboxylic acids is 1. The number of aliphatic hydroxyl groups excluding tert-OH is 2. The van der Waals surface area contributed by atoms with Gasteiger partial charge >= 0.3 is 5.97 Å². The van der Waals surface area contributed by atoms with Crippen LogP contribution in [0.1, 0.15) is 29.3 Å². The van der Waals surface area contributed by atoms with Crippen molar-refractivity contribution in [2.24, 2.45) is 17.6 Å². The van der Waals surface area contributed by atoms with E-state index in [1.54, 1.807) is 14.1 Å². The molecule has 4 unspecified atom stereocenters. The molecule has 0 spiro atoms. The number of phenolic OH excluding ortho intramolecular Hbond substituents is 1. The number of likely N-dealkylation sites (N-methyl/N-ethyl adjacent to an activating group) is 1. The van der Waals surface area contributed by atoms with Gasteiger partial charge in [-0.05, 0) is 51.4 Å². The van der Waals surface area contributed by atoms with Crippen molar-refractivity contribution in [1.29, 1.82) is 0 Å². The molecule has 14 heteroatoms. The normalized spacial score (nSPS) is 26.7. The summed E-state index contributed by atoms with van der Waals surface area (Å²) in [4.78, 5) is 63.7. The number of aliphatic hydroxyl groups is 3. The van der Waals surface area contributed by atoms with Gasteiger partial charge in [0.05, 0.1) is 23.8 Å². The molecule has 3 aliphatic rings. The molecule has 40 heavy (non-hydrogen) atoms. The Morgan fingerprint density at radius 2 is 1.82 bits per heavy atom. The van der Waals surface area contributed by atoms with Gasteiger partial charge in [0.15, 0.2) is 17.1 Å². The Morgan fingerprint density at radius 1 is 1.18 bits per heavy atom. The fourth-order valence-electron chi connectivity index (χ4n) is 5.85. The number of nitrogens with two attached hydrogens (primary N) is 1. The predicted octanol–water partition coefficient (Wildman–Crippen LogP) is -0.878. The molecule has 0 saturated carbocycles. The van der Waals surface area contributed by atoms with Gasteiger partial charge in [-0.25, -0.2) is 0 Å². The third-order valence-electron chi connectivity index (χ3n) is 7.81. The van der Waals surface area contributed by atoms with E-state index >= 15 is 0 Å². The summed E-state index contributed by atoms with van der Waals surface area (Å²) in [6.45, 7) is 0.934. The molecule has 214 valence electrons. The Morgan fingerprint density at radius 3 is 2.40 bits per heavy atom. The summed E-state index contributed by atoms with van der Waals surface area (Å²) in [7, 11) is 3.08. The summed E-state index contributed by atoms with van der Waals surface area (Å²) >= 11 is 0. The van der Waals surface area contributed by atoms with Crippen LogP contribution in [0.2, 0.25) is 0 Å². The molecule has 2 amide bonds. The zero-order chi connectivity index (χ0) is 29.8. The number of aromatic hydroxyl groups is 1.